The van der Waals surface area contributed by atoms with Gasteiger partial charge in [0.2, 0.25) is 0 Å². The molecule has 0 amide bonds. The van der Waals surface area contributed by atoms with Crippen molar-refractivity contribution in [3.63, 3.8) is 0 Å². The zero-order valence-corrected chi connectivity index (χ0v) is 11.7. The van der Waals surface area contributed by atoms with E-state index in [1.54, 1.807) is 0 Å². The molecular formula is C13H29N3. The van der Waals surface area contributed by atoms with E-state index in [9.17, 15) is 0 Å². The van der Waals surface area contributed by atoms with Crippen LogP contribution in [0.1, 0.15) is 33.6 Å². The topological polar surface area (TPSA) is 18.5 Å². The number of nitrogens with one attached hydrogen (secondary N) is 1. The summed E-state index contributed by atoms with van der Waals surface area (Å²) in [4.78, 5) is 4.98. The van der Waals surface area contributed by atoms with Gasteiger partial charge < -0.3 is 10.2 Å². The molecule has 0 bridgehead atoms. The average molecular weight is 227 g/mol. The second kappa shape index (κ2) is 6.58. The summed E-state index contributed by atoms with van der Waals surface area (Å²) in [5.74, 6) is 0. The van der Waals surface area contributed by atoms with E-state index in [1.807, 2.05) is 0 Å². The normalized spacial score (nSPS) is 29.6. The van der Waals surface area contributed by atoms with E-state index in [1.165, 1.54) is 25.9 Å². The van der Waals surface area contributed by atoms with Crippen molar-refractivity contribution in [3.05, 3.63) is 0 Å². The second-order valence-corrected chi connectivity index (χ2v) is 5.51. The zero-order valence-electron chi connectivity index (χ0n) is 11.7. The third-order valence-corrected chi connectivity index (χ3v) is 3.69. The number of hydrogen-bond donors (Lipinski definition) is 1. The molecule has 1 heterocycles. The van der Waals surface area contributed by atoms with Crippen molar-refractivity contribution >= 4 is 0 Å². The summed E-state index contributed by atoms with van der Waals surface area (Å²) in [5.41, 5.74) is 0. The van der Waals surface area contributed by atoms with E-state index in [4.69, 9.17) is 0 Å². The predicted octanol–water partition coefficient (Wildman–Crippen LogP) is 1.40. The highest BCUT2D eigenvalue weighted by molar-refractivity contribution is 4.86. The fraction of sp³-hybridized carbons (Fsp3) is 1.00. The van der Waals surface area contributed by atoms with E-state index in [0.717, 1.165) is 12.6 Å². The van der Waals surface area contributed by atoms with Crippen LogP contribution in [0.2, 0.25) is 0 Å². The van der Waals surface area contributed by atoms with Crippen molar-refractivity contribution in [2.75, 3.05) is 33.7 Å². The molecule has 1 rings (SSSR count). The zero-order chi connectivity index (χ0) is 12.1. The van der Waals surface area contributed by atoms with Gasteiger partial charge >= 0.3 is 0 Å². The number of hydrogen-bond acceptors (Lipinski definition) is 3. The average Bonchev–Trinajstić information content (AvgIpc) is 2.25. The highest BCUT2D eigenvalue weighted by Crippen LogP contribution is 2.16. The van der Waals surface area contributed by atoms with Gasteiger partial charge in [-0.3, -0.25) is 4.90 Å². The molecule has 0 spiro atoms. The summed E-state index contributed by atoms with van der Waals surface area (Å²) in [6, 6.07) is 2.08. The SMILES string of the molecule is CCC1CNC(C)CN1C(C)CCN(C)C. The van der Waals surface area contributed by atoms with E-state index >= 15 is 0 Å². The van der Waals surface area contributed by atoms with Crippen molar-refractivity contribution in [1.82, 2.24) is 15.1 Å². The Labute approximate surface area is 101 Å². The molecule has 3 heteroatoms. The van der Waals surface area contributed by atoms with Crippen LogP contribution >= 0.6 is 0 Å². The maximum atomic E-state index is 3.58. The van der Waals surface area contributed by atoms with Gasteiger partial charge in [-0.15, -0.1) is 0 Å². The molecule has 3 unspecified atom stereocenters. The van der Waals surface area contributed by atoms with Gasteiger partial charge in [0.05, 0.1) is 0 Å². The summed E-state index contributed by atoms with van der Waals surface area (Å²) in [7, 11) is 4.31. The summed E-state index contributed by atoms with van der Waals surface area (Å²) in [6.45, 7) is 10.5. The lowest BCUT2D eigenvalue weighted by Crippen LogP contribution is -2.58. The Morgan fingerprint density at radius 2 is 2.12 bits per heavy atom. The molecule has 0 aromatic rings. The fourth-order valence-corrected chi connectivity index (χ4v) is 2.51. The standard InChI is InChI=1S/C13H29N3/c1-6-13-9-14-11(2)10-16(13)12(3)7-8-15(4)5/h11-14H,6-10H2,1-5H3. The molecule has 1 fully saturated rings. The molecule has 16 heavy (non-hydrogen) atoms. The lowest BCUT2D eigenvalue weighted by Gasteiger charge is -2.43. The van der Waals surface area contributed by atoms with Crippen LogP contribution in [0.15, 0.2) is 0 Å². The molecule has 3 atom stereocenters. The van der Waals surface area contributed by atoms with Crippen molar-refractivity contribution < 1.29 is 0 Å². The van der Waals surface area contributed by atoms with Crippen LogP contribution in [0.3, 0.4) is 0 Å². The molecule has 1 aliphatic rings. The maximum Gasteiger partial charge on any atom is 0.0221 e. The Morgan fingerprint density at radius 1 is 1.44 bits per heavy atom. The summed E-state index contributed by atoms with van der Waals surface area (Å²) in [6.07, 6.45) is 2.53. The first-order valence-corrected chi connectivity index (χ1v) is 6.68. The number of nitrogens with zero attached hydrogens (tertiary/aromatic N) is 2. The van der Waals surface area contributed by atoms with Crippen LogP contribution in [-0.4, -0.2) is 61.7 Å². The highest BCUT2D eigenvalue weighted by atomic mass is 15.3. The molecule has 1 saturated heterocycles. The first-order chi connectivity index (χ1) is 7.54. The van der Waals surface area contributed by atoms with Crippen molar-refractivity contribution in [2.24, 2.45) is 0 Å². The van der Waals surface area contributed by atoms with E-state index < -0.39 is 0 Å². The molecule has 3 nitrogen and oxygen atoms in total. The summed E-state index contributed by atoms with van der Waals surface area (Å²) >= 11 is 0. The first-order valence-electron chi connectivity index (χ1n) is 6.68. The molecule has 0 radical (unpaired) electrons. The number of rotatable bonds is 5. The monoisotopic (exact) mass is 227 g/mol. The van der Waals surface area contributed by atoms with Crippen LogP contribution in [0.4, 0.5) is 0 Å². The maximum absolute atomic E-state index is 3.58. The van der Waals surface area contributed by atoms with Crippen LogP contribution < -0.4 is 5.32 Å². The first kappa shape index (κ1) is 13.9. The molecule has 0 aliphatic carbocycles. The van der Waals surface area contributed by atoms with Gasteiger partial charge in [-0.05, 0) is 47.3 Å². The Hall–Kier alpha value is -0.120. The highest BCUT2D eigenvalue weighted by Gasteiger charge is 2.27. The van der Waals surface area contributed by atoms with Gasteiger partial charge in [0.25, 0.3) is 0 Å². The minimum atomic E-state index is 0.643. The molecule has 1 N–H and O–H groups in total. The van der Waals surface area contributed by atoms with Crippen molar-refractivity contribution in [2.45, 2.75) is 51.7 Å². The molecule has 1 aliphatic heterocycles. The smallest absolute Gasteiger partial charge is 0.0221 e. The van der Waals surface area contributed by atoms with Crippen LogP contribution in [0, 0.1) is 0 Å². The summed E-state index contributed by atoms with van der Waals surface area (Å²) in [5, 5.41) is 3.58. The van der Waals surface area contributed by atoms with Gasteiger partial charge in [-0.1, -0.05) is 6.92 Å². The van der Waals surface area contributed by atoms with E-state index in [-0.39, 0.29) is 0 Å². The lowest BCUT2D eigenvalue weighted by molar-refractivity contribution is 0.0826. The minimum absolute atomic E-state index is 0.643. The van der Waals surface area contributed by atoms with Gasteiger partial charge in [-0.2, -0.15) is 0 Å². The van der Waals surface area contributed by atoms with Crippen LogP contribution in [0.25, 0.3) is 0 Å². The van der Waals surface area contributed by atoms with Gasteiger partial charge in [0, 0.05) is 31.2 Å². The van der Waals surface area contributed by atoms with E-state index in [2.05, 4.69) is 50.0 Å². The van der Waals surface area contributed by atoms with Crippen molar-refractivity contribution in [3.8, 4) is 0 Å². The third kappa shape index (κ3) is 4.04. The Bertz CT molecular complexity index is 194. The van der Waals surface area contributed by atoms with Gasteiger partial charge in [0.1, 0.15) is 0 Å². The van der Waals surface area contributed by atoms with Gasteiger partial charge in [0.15, 0.2) is 0 Å². The van der Waals surface area contributed by atoms with Gasteiger partial charge in [-0.25, -0.2) is 0 Å². The predicted molar refractivity (Wildman–Crippen MR) is 70.9 cm³/mol. The fourth-order valence-electron chi connectivity index (χ4n) is 2.51. The minimum Gasteiger partial charge on any atom is -0.311 e. The van der Waals surface area contributed by atoms with Crippen LogP contribution in [-0.2, 0) is 0 Å². The summed E-state index contributed by atoms with van der Waals surface area (Å²) < 4.78 is 0. The Kier molecular flexibility index (Phi) is 5.73. The molecule has 96 valence electrons. The molecule has 0 aromatic carbocycles. The Morgan fingerprint density at radius 3 is 2.69 bits per heavy atom. The number of piperazine rings is 1. The Balaban J connectivity index is 2.46. The molecule has 0 aromatic heterocycles. The lowest BCUT2D eigenvalue weighted by atomic mass is 10.0. The van der Waals surface area contributed by atoms with E-state index in [0.29, 0.717) is 12.1 Å². The molecular weight excluding hydrogens is 198 g/mol. The second-order valence-electron chi connectivity index (χ2n) is 5.51. The third-order valence-electron chi connectivity index (χ3n) is 3.69. The van der Waals surface area contributed by atoms with Crippen molar-refractivity contribution in [1.29, 1.82) is 0 Å². The molecule has 0 saturated carbocycles. The van der Waals surface area contributed by atoms with Crippen LogP contribution in [0.5, 0.6) is 0 Å². The largest absolute Gasteiger partial charge is 0.311 e. The quantitative estimate of drug-likeness (QED) is 0.766.